The third kappa shape index (κ3) is 8.08. The fraction of sp³-hybridized carbons (Fsp3) is 0.909. The van der Waals surface area contributed by atoms with Crippen molar-refractivity contribution in [3.8, 4) is 0 Å². The van der Waals surface area contributed by atoms with Crippen molar-refractivity contribution in [1.82, 2.24) is 0 Å². The molecular weight excluding hydrogens is 159 g/mol. The number of carbonyl (C=O) groups is 1. The molecule has 1 nitrogen and oxygen atoms in total. The van der Waals surface area contributed by atoms with E-state index >= 15 is 0 Å². The van der Waals surface area contributed by atoms with Gasteiger partial charge in [0.05, 0.1) is 0 Å². The Morgan fingerprint density at radius 1 is 1.23 bits per heavy atom. The summed E-state index contributed by atoms with van der Waals surface area (Å²) in [5, 5.41) is 0. The molecule has 2 unspecified atom stereocenters. The molecule has 0 spiro atoms. The fourth-order valence-electron chi connectivity index (χ4n) is 1.50. The normalized spacial score (nSPS) is 15.2. The van der Waals surface area contributed by atoms with Crippen molar-refractivity contribution >= 4 is 14.1 Å². The molecule has 0 rings (SSSR count). The highest BCUT2D eigenvalue weighted by molar-refractivity contribution is 6.11. The van der Waals surface area contributed by atoms with Crippen LogP contribution in [0, 0.1) is 5.92 Å². The first-order chi connectivity index (χ1) is 6.20. The summed E-state index contributed by atoms with van der Waals surface area (Å²) in [6.45, 7) is 4.24. The van der Waals surface area contributed by atoms with E-state index in [1.807, 2.05) is 6.92 Å². The summed E-state index contributed by atoms with van der Waals surface area (Å²) in [5.41, 5.74) is 0. The van der Waals surface area contributed by atoms with Gasteiger partial charge in [-0.2, -0.15) is 0 Å². The predicted molar refractivity (Wildman–Crippen MR) is 60.9 cm³/mol. The highest BCUT2D eigenvalue weighted by Crippen LogP contribution is 2.19. The average molecular weight is 182 g/mol. The fourth-order valence-corrected chi connectivity index (χ4v) is 1.50. The summed E-state index contributed by atoms with van der Waals surface area (Å²) < 4.78 is 0. The molecule has 13 heavy (non-hydrogen) atoms. The highest BCUT2D eigenvalue weighted by atomic mass is 16.1. The zero-order valence-corrected chi connectivity index (χ0v) is 9.38. The second kappa shape index (κ2) is 8.34. The zero-order chi connectivity index (χ0) is 10.1. The highest BCUT2D eigenvalue weighted by Gasteiger charge is 2.05. The third-order valence-corrected chi connectivity index (χ3v) is 2.65. The van der Waals surface area contributed by atoms with Crippen molar-refractivity contribution in [2.45, 2.75) is 58.2 Å². The summed E-state index contributed by atoms with van der Waals surface area (Å²) >= 11 is 0. The molecule has 0 saturated carbocycles. The maximum Gasteiger partial charge on any atom is 0.122 e. The van der Waals surface area contributed by atoms with E-state index in [0.29, 0.717) is 0 Å². The quantitative estimate of drug-likeness (QED) is 0.320. The van der Waals surface area contributed by atoms with Gasteiger partial charge in [0.1, 0.15) is 14.1 Å². The van der Waals surface area contributed by atoms with Crippen LogP contribution in [0.2, 0.25) is 5.82 Å². The molecule has 0 amide bonds. The van der Waals surface area contributed by atoms with Crippen LogP contribution in [0.1, 0.15) is 52.4 Å². The van der Waals surface area contributed by atoms with Crippen LogP contribution in [0.4, 0.5) is 0 Å². The van der Waals surface area contributed by atoms with E-state index in [2.05, 4.69) is 14.8 Å². The lowest BCUT2D eigenvalue weighted by Gasteiger charge is -2.11. The molecule has 0 heterocycles. The standard InChI is InChI=1S/C11H23BO/c1-3-4-5-6-11(12)8-7-10(2)9-13/h9-11H,3-8,12H2,1-2H3. The lowest BCUT2D eigenvalue weighted by Crippen LogP contribution is -2.00. The van der Waals surface area contributed by atoms with Gasteiger partial charge < -0.3 is 4.79 Å². The van der Waals surface area contributed by atoms with E-state index < -0.39 is 0 Å². The van der Waals surface area contributed by atoms with Crippen LogP contribution >= 0.6 is 0 Å². The van der Waals surface area contributed by atoms with Crippen molar-refractivity contribution < 1.29 is 4.79 Å². The molecule has 0 fully saturated rings. The molecule has 0 N–H and O–H groups in total. The molecule has 0 aromatic carbocycles. The van der Waals surface area contributed by atoms with E-state index in [1.165, 1.54) is 32.1 Å². The van der Waals surface area contributed by atoms with Gasteiger partial charge in [0, 0.05) is 5.92 Å². The molecule has 0 aliphatic rings. The molecule has 0 bridgehead atoms. The summed E-state index contributed by atoms with van der Waals surface area (Å²) in [6, 6.07) is 0. The number of rotatable bonds is 8. The Morgan fingerprint density at radius 2 is 1.92 bits per heavy atom. The van der Waals surface area contributed by atoms with Crippen molar-refractivity contribution in [2.24, 2.45) is 5.92 Å². The Morgan fingerprint density at radius 3 is 2.46 bits per heavy atom. The van der Waals surface area contributed by atoms with Crippen LogP contribution in [0.3, 0.4) is 0 Å². The maximum absolute atomic E-state index is 10.4. The monoisotopic (exact) mass is 182 g/mol. The second-order valence-corrected chi connectivity index (χ2v) is 4.29. The van der Waals surface area contributed by atoms with E-state index in [1.54, 1.807) is 0 Å². The van der Waals surface area contributed by atoms with Gasteiger partial charge in [-0.05, 0) is 6.42 Å². The summed E-state index contributed by atoms with van der Waals surface area (Å²) in [5.74, 6) is 1.06. The molecule has 2 atom stereocenters. The van der Waals surface area contributed by atoms with Gasteiger partial charge in [0.25, 0.3) is 0 Å². The van der Waals surface area contributed by atoms with Gasteiger partial charge >= 0.3 is 0 Å². The largest absolute Gasteiger partial charge is 0.303 e. The van der Waals surface area contributed by atoms with Crippen molar-refractivity contribution in [3.63, 3.8) is 0 Å². The Balaban J connectivity index is 3.29. The molecule has 76 valence electrons. The summed E-state index contributed by atoms with van der Waals surface area (Å²) in [7, 11) is 2.30. The molecular formula is C11H23BO. The summed E-state index contributed by atoms with van der Waals surface area (Å²) in [4.78, 5) is 10.4. The van der Waals surface area contributed by atoms with Gasteiger partial charge in [-0.3, -0.25) is 0 Å². The minimum Gasteiger partial charge on any atom is -0.303 e. The van der Waals surface area contributed by atoms with Crippen LogP contribution in [-0.2, 0) is 4.79 Å². The number of carbonyl (C=O) groups excluding carboxylic acids is 1. The van der Waals surface area contributed by atoms with Gasteiger partial charge in [0.2, 0.25) is 0 Å². The Hall–Kier alpha value is -0.265. The Kier molecular flexibility index (Phi) is 8.17. The van der Waals surface area contributed by atoms with Crippen molar-refractivity contribution in [3.05, 3.63) is 0 Å². The van der Waals surface area contributed by atoms with E-state index in [9.17, 15) is 4.79 Å². The lowest BCUT2D eigenvalue weighted by molar-refractivity contribution is -0.110. The first kappa shape index (κ1) is 12.7. The lowest BCUT2D eigenvalue weighted by atomic mass is 9.78. The van der Waals surface area contributed by atoms with E-state index in [-0.39, 0.29) is 5.92 Å². The molecule has 2 heteroatoms. The minimum absolute atomic E-state index is 0.258. The van der Waals surface area contributed by atoms with E-state index in [0.717, 1.165) is 18.5 Å². The van der Waals surface area contributed by atoms with Gasteiger partial charge in [-0.25, -0.2) is 0 Å². The second-order valence-electron chi connectivity index (χ2n) is 4.29. The van der Waals surface area contributed by atoms with Crippen LogP contribution in [0.15, 0.2) is 0 Å². The van der Waals surface area contributed by atoms with Crippen LogP contribution in [-0.4, -0.2) is 14.1 Å². The molecule has 0 aliphatic carbocycles. The van der Waals surface area contributed by atoms with Crippen LogP contribution in [0.25, 0.3) is 0 Å². The predicted octanol–water partition coefficient (Wildman–Crippen LogP) is 2.60. The smallest absolute Gasteiger partial charge is 0.122 e. The Labute approximate surface area is 83.7 Å². The molecule has 0 saturated heterocycles. The topological polar surface area (TPSA) is 17.1 Å². The first-order valence-electron chi connectivity index (χ1n) is 5.66. The molecule has 0 aromatic rings. The maximum atomic E-state index is 10.4. The Bertz CT molecular complexity index is 125. The van der Waals surface area contributed by atoms with Gasteiger partial charge in [-0.1, -0.05) is 51.8 Å². The van der Waals surface area contributed by atoms with Crippen LogP contribution in [0.5, 0.6) is 0 Å². The van der Waals surface area contributed by atoms with Crippen molar-refractivity contribution in [2.75, 3.05) is 0 Å². The van der Waals surface area contributed by atoms with Crippen LogP contribution < -0.4 is 0 Å². The molecule has 0 radical (unpaired) electrons. The number of hydrogen-bond acceptors (Lipinski definition) is 1. The first-order valence-corrected chi connectivity index (χ1v) is 5.66. The van der Waals surface area contributed by atoms with Crippen molar-refractivity contribution in [1.29, 1.82) is 0 Å². The molecule has 0 aromatic heterocycles. The molecule has 0 aliphatic heterocycles. The number of unbranched alkanes of at least 4 members (excludes halogenated alkanes) is 2. The zero-order valence-electron chi connectivity index (χ0n) is 9.38. The van der Waals surface area contributed by atoms with E-state index in [4.69, 9.17) is 0 Å². The number of hydrogen-bond donors (Lipinski definition) is 0. The average Bonchev–Trinajstić information content (AvgIpc) is 2.14. The summed E-state index contributed by atoms with van der Waals surface area (Å²) in [6.07, 6.45) is 8.69. The van der Waals surface area contributed by atoms with Gasteiger partial charge in [-0.15, -0.1) is 0 Å². The minimum atomic E-state index is 0.258. The third-order valence-electron chi connectivity index (χ3n) is 2.65. The number of aldehydes is 1. The SMILES string of the molecule is BC(CCCCC)CCC(C)C=O. The van der Waals surface area contributed by atoms with Gasteiger partial charge in [0.15, 0.2) is 0 Å².